The largest absolute Gasteiger partial charge is 0.471 e. The highest BCUT2D eigenvalue weighted by Crippen LogP contribution is 2.19. The van der Waals surface area contributed by atoms with E-state index in [4.69, 9.17) is 10.00 Å². The number of hydrogen-bond donors (Lipinski definition) is 1. The van der Waals surface area contributed by atoms with Gasteiger partial charge in [0.25, 0.3) is 5.91 Å². The Morgan fingerprint density at radius 1 is 1.35 bits per heavy atom. The molecule has 1 aromatic carbocycles. The highest BCUT2D eigenvalue weighted by atomic mass is 16.5. The molecule has 0 aliphatic rings. The Bertz CT molecular complexity index is 996. The first-order chi connectivity index (χ1) is 12.5. The van der Waals surface area contributed by atoms with E-state index in [1.807, 2.05) is 38.1 Å². The molecule has 0 aliphatic heterocycles. The van der Waals surface area contributed by atoms with Gasteiger partial charge < -0.3 is 10.1 Å². The number of carbonyl (C=O) groups excluding carboxylic acids is 1. The lowest BCUT2D eigenvalue weighted by Gasteiger charge is -2.09. The second-order valence-corrected chi connectivity index (χ2v) is 5.88. The van der Waals surface area contributed by atoms with Crippen LogP contribution in [0.1, 0.15) is 27.2 Å². The lowest BCUT2D eigenvalue weighted by molar-refractivity contribution is 0.101. The van der Waals surface area contributed by atoms with Crippen LogP contribution < -0.4 is 10.1 Å². The highest BCUT2D eigenvalue weighted by molar-refractivity contribution is 6.02. The number of aryl methyl sites for hydroxylation is 3. The van der Waals surface area contributed by atoms with E-state index < -0.39 is 5.91 Å². The number of carbonyl (C=O) groups is 1. The second-order valence-electron chi connectivity index (χ2n) is 5.88. The molecule has 0 spiro atoms. The SMILES string of the molecule is Cc1ccc(C)c(OCn2ccc(C(=O)Nc3c(C#N)cnn3C)n2)c1. The van der Waals surface area contributed by atoms with Crippen LogP contribution >= 0.6 is 0 Å². The molecule has 3 aromatic rings. The van der Waals surface area contributed by atoms with Crippen LogP contribution in [0.25, 0.3) is 0 Å². The van der Waals surface area contributed by atoms with Gasteiger partial charge in [-0.3, -0.25) is 9.48 Å². The van der Waals surface area contributed by atoms with E-state index in [0.29, 0.717) is 11.4 Å². The predicted octanol–water partition coefficient (Wildman–Crippen LogP) is 2.39. The van der Waals surface area contributed by atoms with Crippen molar-refractivity contribution in [2.24, 2.45) is 7.05 Å². The first-order valence-electron chi connectivity index (χ1n) is 7.95. The molecule has 1 amide bonds. The predicted molar refractivity (Wildman–Crippen MR) is 94.6 cm³/mol. The molecule has 132 valence electrons. The van der Waals surface area contributed by atoms with Crippen LogP contribution in [-0.4, -0.2) is 25.5 Å². The summed E-state index contributed by atoms with van der Waals surface area (Å²) in [5.74, 6) is 0.689. The summed E-state index contributed by atoms with van der Waals surface area (Å²) in [5, 5.41) is 19.9. The number of nitrogens with zero attached hydrogens (tertiary/aromatic N) is 5. The molecule has 0 saturated heterocycles. The van der Waals surface area contributed by atoms with Crippen LogP contribution in [0.5, 0.6) is 5.75 Å². The summed E-state index contributed by atoms with van der Waals surface area (Å²) in [7, 11) is 1.65. The van der Waals surface area contributed by atoms with Crippen molar-refractivity contribution in [3.8, 4) is 11.8 Å². The van der Waals surface area contributed by atoms with E-state index in [9.17, 15) is 4.79 Å². The van der Waals surface area contributed by atoms with Gasteiger partial charge in [0.2, 0.25) is 0 Å². The summed E-state index contributed by atoms with van der Waals surface area (Å²) in [6.07, 6.45) is 3.06. The van der Waals surface area contributed by atoms with E-state index in [1.165, 1.54) is 15.6 Å². The van der Waals surface area contributed by atoms with Crippen LogP contribution in [0.15, 0.2) is 36.7 Å². The summed E-state index contributed by atoms with van der Waals surface area (Å²) in [4.78, 5) is 12.3. The minimum Gasteiger partial charge on any atom is -0.471 e. The van der Waals surface area contributed by atoms with Crippen molar-refractivity contribution >= 4 is 11.7 Å². The molecule has 1 N–H and O–H groups in total. The quantitative estimate of drug-likeness (QED) is 0.762. The zero-order valence-electron chi connectivity index (χ0n) is 14.7. The third-order valence-corrected chi connectivity index (χ3v) is 3.86. The third kappa shape index (κ3) is 3.57. The van der Waals surface area contributed by atoms with Crippen molar-refractivity contribution in [3.05, 3.63) is 59.0 Å². The van der Waals surface area contributed by atoms with E-state index in [-0.39, 0.29) is 12.4 Å². The van der Waals surface area contributed by atoms with Gasteiger partial charge in [-0.15, -0.1) is 0 Å². The molecule has 2 aromatic heterocycles. The van der Waals surface area contributed by atoms with Gasteiger partial charge in [-0.2, -0.15) is 15.5 Å². The van der Waals surface area contributed by atoms with E-state index in [1.54, 1.807) is 19.3 Å². The van der Waals surface area contributed by atoms with Gasteiger partial charge in [0.15, 0.2) is 12.4 Å². The Hall–Kier alpha value is -3.60. The number of benzene rings is 1. The first-order valence-corrected chi connectivity index (χ1v) is 7.95. The minimum absolute atomic E-state index is 0.187. The van der Waals surface area contributed by atoms with Gasteiger partial charge >= 0.3 is 0 Å². The summed E-state index contributed by atoms with van der Waals surface area (Å²) < 4.78 is 8.73. The molecular weight excluding hydrogens is 332 g/mol. The molecule has 26 heavy (non-hydrogen) atoms. The molecule has 0 bridgehead atoms. The first kappa shape index (κ1) is 17.2. The van der Waals surface area contributed by atoms with Crippen LogP contribution in [0.3, 0.4) is 0 Å². The molecule has 2 heterocycles. The Morgan fingerprint density at radius 2 is 2.15 bits per heavy atom. The molecule has 0 radical (unpaired) electrons. The van der Waals surface area contributed by atoms with Crippen molar-refractivity contribution in [3.63, 3.8) is 0 Å². The van der Waals surface area contributed by atoms with Gasteiger partial charge in [-0.1, -0.05) is 12.1 Å². The van der Waals surface area contributed by atoms with Crippen molar-refractivity contribution in [1.29, 1.82) is 5.26 Å². The average molecular weight is 350 g/mol. The summed E-state index contributed by atoms with van der Waals surface area (Å²) in [5.41, 5.74) is 2.65. The zero-order valence-corrected chi connectivity index (χ0v) is 14.7. The number of nitriles is 1. The standard InChI is InChI=1S/C18H18N6O2/c1-12-4-5-13(2)16(8-12)26-11-24-7-6-15(22-24)18(25)21-17-14(9-19)10-20-23(17)3/h4-8,10H,11H2,1-3H3,(H,21,25). The normalized spacial score (nSPS) is 10.4. The monoisotopic (exact) mass is 350 g/mol. The Balaban J connectivity index is 1.67. The number of rotatable bonds is 5. The van der Waals surface area contributed by atoms with Crippen molar-refractivity contribution < 1.29 is 9.53 Å². The van der Waals surface area contributed by atoms with Gasteiger partial charge in [-0.05, 0) is 37.1 Å². The fraction of sp³-hybridized carbons (Fsp3) is 0.222. The molecule has 8 heteroatoms. The molecule has 0 aliphatic carbocycles. The molecule has 8 nitrogen and oxygen atoms in total. The Kier molecular flexibility index (Phi) is 4.71. The van der Waals surface area contributed by atoms with E-state index in [0.717, 1.165) is 16.9 Å². The minimum atomic E-state index is -0.421. The number of hydrogen-bond acceptors (Lipinski definition) is 5. The van der Waals surface area contributed by atoms with Crippen LogP contribution in [0.4, 0.5) is 5.82 Å². The second kappa shape index (κ2) is 7.11. The number of ether oxygens (including phenoxy) is 1. The van der Waals surface area contributed by atoms with Gasteiger partial charge in [-0.25, -0.2) is 4.68 Å². The molecule has 0 saturated carbocycles. The van der Waals surface area contributed by atoms with Gasteiger partial charge in [0.05, 0.1) is 6.20 Å². The van der Waals surface area contributed by atoms with Crippen molar-refractivity contribution in [1.82, 2.24) is 19.6 Å². The number of nitrogens with one attached hydrogen (secondary N) is 1. The molecule has 0 atom stereocenters. The summed E-state index contributed by atoms with van der Waals surface area (Å²) >= 11 is 0. The summed E-state index contributed by atoms with van der Waals surface area (Å²) in [6, 6.07) is 9.54. The molecular formula is C18H18N6O2. The lowest BCUT2D eigenvalue weighted by atomic mass is 10.1. The van der Waals surface area contributed by atoms with Crippen LogP contribution in [0.2, 0.25) is 0 Å². The smallest absolute Gasteiger partial charge is 0.277 e. The van der Waals surface area contributed by atoms with Gasteiger partial charge in [0.1, 0.15) is 23.2 Å². The Morgan fingerprint density at radius 3 is 2.92 bits per heavy atom. The van der Waals surface area contributed by atoms with Crippen LogP contribution in [-0.2, 0) is 13.8 Å². The van der Waals surface area contributed by atoms with E-state index >= 15 is 0 Å². The number of anilines is 1. The fourth-order valence-electron chi connectivity index (χ4n) is 2.39. The maximum absolute atomic E-state index is 12.3. The summed E-state index contributed by atoms with van der Waals surface area (Å²) in [6.45, 7) is 4.15. The zero-order chi connectivity index (χ0) is 18.7. The maximum atomic E-state index is 12.3. The Labute approximate surface area is 150 Å². The molecule has 0 fully saturated rings. The highest BCUT2D eigenvalue weighted by Gasteiger charge is 2.15. The maximum Gasteiger partial charge on any atom is 0.277 e. The lowest BCUT2D eigenvalue weighted by Crippen LogP contribution is -2.17. The fourth-order valence-corrected chi connectivity index (χ4v) is 2.39. The topological polar surface area (TPSA) is 97.8 Å². The van der Waals surface area contributed by atoms with Crippen molar-refractivity contribution in [2.45, 2.75) is 20.6 Å². The molecule has 3 rings (SSSR count). The van der Waals surface area contributed by atoms with Crippen molar-refractivity contribution in [2.75, 3.05) is 5.32 Å². The number of aromatic nitrogens is 4. The molecule has 0 unspecified atom stereocenters. The van der Waals surface area contributed by atoms with Crippen LogP contribution in [0, 0.1) is 25.2 Å². The van der Waals surface area contributed by atoms with E-state index in [2.05, 4.69) is 15.5 Å². The number of amides is 1. The van der Waals surface area contributed by atoms with Gasteiger partial charge in [0, 0.05) is 13.2 Å². The third-order valence-electron chi connectivity index (χ3n) is 3.86. The average Bonchev–Trinajstić information content (AvgIpc) is 3.23.